The Morgan fingerprint density at radius 3 is 1.71 bits per heavy atom. The lowest BCUT2D eigenvalue weighted by Crippen LogP contribution is -2.25. The third-order valence-electron chi connectivity index (χ3n) is 7.16. The lowest BCUT2D eigenvalue weighted by Gasteiger charge is -2.27. The molecule has 0 aromatic heterocycles. The van der Waals surface area contributed by atoms with Gasteiger partial charge in [-0.05, 0) is 95.5 Å². The first-order chi connectivity index (χ1) is 17.1. The van der Waals surface area contributed by atoms with Gasteiger partial charge in [-0.3, -0.25) is 0 Å². The first-order valence-electron chi connectivity index (χ1n) is 12.3. The molecule has 0 radical (unpaired) electrons. The highest BCUT2D eigenvalue weighted by Crippen LogP contribution is 2.46. The molecule has 0 atom stereocenters. The average Bonchev–Trinajstić information content (AvgIpc) is 3.25. The maximum atomic E-state index is 2.40. The fourth-order valence-electron chi connectivity index (χ4n) is 5.82. The lowest BCUT2D eigenvalue weighted by molar-refractivity contribution is 1.27. The molecule has 0 fully saturated rings. The van der Waals surface area contributed by atoms with Gasteiger partial charge in [0.2, 0.25) is 0 Å². The maximum Gasteiger partial charge on any atom is -0.000665 e. The van der Waals surface area contributed by atoms with Gasteiger partial charge in [0, 0.05) is 0 Å². The Morgan fingerprint density at radius 2 is 1.09 bits per heavy atom. The second-order valence-corrected chi connectivity index (χ2v) is 11.8. The molecule has 170 valence electrons. The number of fused-ring (bicyclic) bond motifs is 3. The van der Waals surface area contributed by atoms with Crippen molar-refractivity contribution in [2.24, 2.45) is 0 Å². The Bertz CT molecular complexity index is 1470. The standard InChI is InChI=1S/C34H29P/c1-23-20-24(2)33(25(3)21-23)31-19-18-30-29-17-11-10-12-26(29)22-32(30)34(31)35(27-13-6-4-7-14-27)28-15-8-5-9-16-28/h4-21H,22H2,1-3H3. The molecular formula is C34H29P. The summed E-state index contributed by atoms with van der Waals surface area (Å²) in [6, 6.07) is 40.7. The monoisotopic (exact) mass is 468 g/mol. The van der Waals surface area contributed by atoms with Crippen molar-refractivity contribution in [1.82, 2.24) is 0 Å². The molecule has 0 aliphatic heterocycles. The lowest BCUT2D eigenvalue weighted by atomic mass is 9.91. The maximum absolute atomic E-state index is 2.40. The van der Waals surface area contributed by atoms with E-state index in [0.717, 1.165) is 6.42 Å². The molecule has 0 saturated heterocycles. The van der Waals surface area contributed by atoms with Crippen molar-refractivity contribution in [3.63, 3.8) is 0 Å². The minimum Gasteiger partial charge on any atom is -0.0622 e. The third kappa shape index (κ3) is 3.83. The molecule has 0 nitrogen and oxygen atoms in total. The molecule has 35 heavy (non-hydrogen) atoms. The van der Waals surface area contributed by atoms with Gasteiger partial charge in [-0.2, -0.15) is 0 Å². The number of hydrogen-bond acceptors (Lipinski definition) is 0. The van der Waals surface area contributed by atoms with Crippen molar-refractivity contribution in [2.45, 2.75) is 27.2 Å². The van der Waals surface area contributed by atoms with Gasteiger partial charge in [0.25, 0.3) is 0 Å². The molecule has 5 aromatic carbocycles. The Balaban J connectivity index is 1.71. The summed E-state index contributed by atoms with van der Waals surface area (Å²) in [6.45, 7) is 6.74. The largest absolute Gasteiger partial charge is 0.0622 e. The first kappa shape index (κ1) is 22.0. The Kier molecular flexibility index (Phi) is 5.63. The van der Waals surface area contributed by atoms with Crippen molar-refractivity contribution >= 4 is 23.8 Å². The highest BCUT2D eigenvalue weighted by atomic mass is 31.1. The van der Waals surface area contributed by atoms with Crippen LogP contribution in [-0.4, -0.2) is 0 Å². The van der Waals surface area contributed by atoms with Crippen LogP contribution in [0.15, 0.2) is 109 Å². The Labute approximate surface area is 210 Å². The topological polar surface area (TPSA) is 0 Å². The summed E-state index contributed by atoms with van der Waals surface area (Å²) in [7, 11) is -0.728. The van der Waals surface area contributed by atoms with Crippen LogP contribution >= 0.6 is 7.92 Å². The van der Waals surface area contributed by atoms with Crippen LogP contribution in [0.3, 0.4) is 0 Å². The molecule has 0 spiro atoms. The normalized spacial score (nSPS) is 12.0. The molecule has 1 heteroatoms. The van der Waals surface area contributed by atoms with Crippen molar-refractivity contribution in [1.29, 1.82) is 0 Å². The molecule has 0 amide bonds. The van der Waals surface area contributed by atoms with Crippen molar-refractivity contribution < 1.29 is 0 Å². The summed E-state index contributed by atoms with van der Waals surface area (Å²) >= 11 is 0. The van der Waals surface area contributed by atoms with E-state index >= 15 is 0 Å². The van der Waals surface area contributed by atoms with Crippen LogP contribution in [0.25, 0.3) is 22.3 Å². The van der Waals surface area contributed by atoms with Gasteiger partial charge in [-0.15, -0.1) is 0 Å². The minimum absolute atomic E-state index is 0.728. The second kappa shape index (κ2) is 8.95. The van der Waals surface area contributed by atoms with Gasteiger partial charge in [0.15, 0.2) is 0 Å². The quantitative estimate of drug-likeness (QED) is 0.234. The summed E-state index contributed by atoms with van der Waals surface area (Å²) < 4.78 is 0. The average molecular weight is 469 g/mol. The molecule has 5 aromatic rings. The second-order valence-electron chi connectivity index (χ2n) is 9.60. The SMILES string of the molecule is Cc1cc(C)c(-c2ccc3c(c2P(c2ccccc2)c2ccccc2)Cc2ccccc2-3)c(C)c1. The molecule has 0 saturated carbocycles. The van der Waals surface area contributed by atoms with E-state index in [1.165, 1.54) is 66.0 Å². The van der Waals surface area contributed by atoms with E-state index in [4.69, 9.17) is 0 Å². The zero-order valence-corrected chi connectivity index (χ0v) is 21.4. The number of aryl methyl sites for hydroxylation is 3. The molecule has 1 aliphatic rings. The van der Waals surface area contributed by atoms with Crippen LogP contribution in [0.4, 0.5) is 0 Å². The highest BCUT2D eigenvalue weighted by Gasteiger charge is 2.30. The zero-order valence-electron chi connectivity index (χ0n) is 20.5. The van der Waals surface area contributed by atoms with Crippen LogP contribution in [0, 0.1) is 20.8 Å². The molecule has 6 rings (SSSR count). The predicted octanol–water partition coefficient (Wildman–Crippen LogP) is 7.61. The molecule has 0 bridgehead atoms. The van der Waals surface area contributed by atoms with Crippen LogP contribution in [0.2, 0.25) is 0 Å². The Hall–Kier alpha value is -3.47. The van der Waals surface area contributed by atoms with E-state index in [2.05, 4.69) is 130 Å². The van der Waals surface area contributed by atoms with Crippen LogP contribution < -0.4 is 15.9 Å². The van der Waals surface area contributed by atoms with Crippen LogP contribution in [-0.2, 0) is 6.42 Å². The minimum atomic E-state index is -0.728. The van der Waals surface area contributed by atoms with Gasteiger partial charge >= 0.3 is 0 Å². The van der Waals surface area contributed by atoms with E-state index in [9.17, 15) is 0 Å². The molecule has 0 heterocycles. The van der Waals surface area contributed by atoms with Crippen molar-refractivity contribution in [2.75, 3.05) is 0 Å². The van der Waals surface area contributed by atoms with Gasteiger partial charge in [-0.25, -0.2) is 0 Å². The van der Waals surface area contributed by atoms with Gasteiger partial charge in [-0.1, -0.05) is 115 Å². The number of rotatable bonds is 4. The molecule has 0 unspecified atom stereocenters. The van der Waals surface area contributed by atoms with Gasteiger partial charge in [0.05, 0.1) is 0 Å². The molecule has 0 N–H and O–H groups in total. The molecule has 1 aliphatic carbocycles. The van der Waals surface area contributed by atoms with Crippen molar-refractivity contribution in [3.8, 4) is 22.3 Å². The summed E-state index contributed by atoms with van der Waals surface area (Å²) in [5.41, 5.74) is 12.6. The van der Waals surface area contributed by atoms with E-state index in [-0.39, 0.29) is 0 Å². The fraction of sp³-hybridized carbons (Fsp3) is 0.118. The summed E-state index contributed by atoms with van der Waals surface area (Å²) in [5.74, 6) is 0. The number of hydrogen-bond donors (Lipinski definition) is 0. The number of benzene rings is 5. The zero-order chi connectivity index (χ0) is 23.9. The summed E-state index contributed by atoms with van der Waals surface area (Å²) in [4.78, 5) is 0. The van der Waals surface area contributed by atoms with Crippen LogP contribution in [0.1, 0.15) is 27.8 Å². The summed E-state index contributed by atoms with van der Waals surface area (Å²) in [5, 5.41) is 4.32. The van der Waals surface area contributed by atoms with E-state index in [1.807, 2.05) is 0 Å². The summed E-state index contributed by atoms with van der Waals surface area (Å²) in [6.07, 6.45) is 0.997. The van der Waals surface area contributed by atoms with Crippen molar-refractivity contribution in [3.05, 3.63) is 137 Å². The van der Waals surface area contributed by atoms with E-state index in [0.29, 0.717) is 0 Å². The van der Waals surface area contributed by atoms with Gasteiger partial charge in [0.1, 0.15) is 0 Å². The predicted molar refractivity (Wildman–Crippen MR) is 153 cm³/mol. The molecular weight excluding hydrogens is 439 g/mol. The third-order valence-corrected chi connectivity index (χ3v) is 9.74. The first-order valence-corrected chi connectivity index (χ1v) is 13.7. The van der Waals surface area contributed by atoms with E-state index in [1.54, 1.807) is 0 Å². The van der Waals surface area contributed by atoms with Gasteiger partial charge < -0.3 is 0 Å². The smallest absolute Gasteiger partial charge is 0.000665 e. The fourth-order valence-corrected chi connectivity index (χ4v) is 8.47. The Morgan fingerprint density at radius 1 is 0.543 bits per heavy atom. The van der Waals surface area contributed by atoms with Crippen LogP contribution in [0.5, 0.6) is 0 Å². The highest BCUT2D eigenvalue weighted by molar-refractivity contribution is 7.80. The van der Waals surface area contributed by atoms with E-state index < -0.39 is 7.92 Å².